The van der Waals surface area contributed by atoms with Gasteiger partial charge in [-0.1, -0.05) is 12.8 Å². The fourth-order valence-corrected chi connectivity index (χ4v) is 2.84. The van der Waals surface area contributed by atoms with Crippen molar-refractivity contribution in [2.75, 3.05) is 18.9 Å². The monoisotopic (exact) mass is 307 g/mol. The zero-order valence-electron chi connectivity index (χ0n) is 12.5. The number of nitro benzene ring substituents is 1. The van der Waals surface area contributed by atoms with Gasteiger partial charge < -0.3 is 15.7 Å². The van der Waals surface area contributed by atoms with E-state index in [1.807, 2.05) is 0 Å². The van der Waals surface area contributed by atoms with Crippen LogP contribution in [0.25, 0.3) is 0 Å². The first-order valence-corrected chi connectivity index (χ1v) is 7.45. The zero-order chi connectivity index (χ0) is 16.1. The fourth-order valence-electron chi connectivity index (χ4n) is 2.84. The number of anilines is 1. The van der Waals surface area contributed by atoms with Crippen LogP contribution in [0.2, 0.25) is 0 Å². The van der Waals surface area contributed by atoms with Crippen molar-refractivity contribution in [2.45, 2.75) is 31.8 Å². The SMILES string of the molecule is CNC(=O)c1ccc(NCC(O)C2CCCC2)c([N+](=O)[O-])c1. The number of rotatable bonds is 6. The molecule has 3 N–H and O–H groups in total. The maximum Gasteiger partial charge on any atom is 0.293 e. The van der Waals surface area contributed by atoms with Crippen LogP contribution in [0.15, 0.2) is 18.2 Å². The summed E-state index contributed by atoms with van der Waals surface area (Å²) in [6.07, 6.45) is 3.74. The van der Waals surface area contributed by atoms with Gasteiger partial charge in [-0.15, -0.1) is 0 Å². The molecular weight excluding hydrogens is 286 g/mol. The van der Waals surface area contributed by atoms with Crippen molar-refractivity contribution < 1.29 is 14.8 Å². The number of aliphatic hydroxyl groups excluding tert-OH is 1. The average Bonchev–Trinajstić information content (AvgIpc) is 3.06. The topological polar surface area (TPSA) is 104 Å². The standard InChI is InChI=1S/C15H21N3O4/c1-16-15(20)11-6-7-12(13(8-11)18(21)22)17-9-14(19)10-4-2-3-5-10/h6-8,10,14,17,19H,2-5,9H2,1H3,(H,16,20). The van der Waals surface area contributed by atoms with Gasteiger partial charge >= 0.3 is 0 Å². The van der Waals surface area contributed by atoms with Gasteiger partial charge in [0.25, 0.3) is 11.6 Å². The minimum atomic E-state index is -0.531. The Hall–Kier alpha value is -2.15. The number of amides is 1. The summed E-state index contributed by atoms with van der Waals surface area (Å²) in [5.41, 5.74) is 0.380. The number of aliphatic hydroxyl groups is 1. The summed E-state index contributed by atoms with van der Waals surface area (Å²) in [5.74, 6) is -0.114. The minimum Gasteiger partial charge on any atom is -0.391 e. The highest BCUT2D eigenvalue weighted by Crippen LogP contribution is 2.29. The molecule has 0 aliphatic heterocycles. The van der Waals surface area contributed by atoms with Gasteiger partial charge in [-0.05, 0) is 30.9 Å². The smallest absolute Gasteiger partial charge is 0.293 e. The molecule has 0 saturated heterocycles. The van der Waals surface area contributed by atoms with Crippen molar-refractivity contribution in [3.8, 4) is 0 Å². The number of nitrogens with one attached hydrogen (secondary N) is 2. The lowest BCUT2D eigenvalue weighted by molar-refractivity contribution is -0.384. The van der Waals surface area contributed by atoms with Gasteiger partial charge in [0.15, 0.2) is 0 Å². The second kappa shape index (κ2) is 7.22. The van der Waals surface area contributed by atoms with E-state index >= 15 is 0 Å². The summed E-state index contributed by atoms with van der Waals surface area (Å²) in [4.78, 5) is 22.2. The fraction of sp³-hybridized carbons (Fsp3) is 0.533. The molecule has 1 unspecified atom stereocenters. The summed E-state index contributed by atoms with van der Waals surface area (Å²) < 4.78 is 0. The van der Waals surface area contributed by atoms with Crippen molar-refractivity contribution in [1.29, 1.82) is 0 Å². The van der Waals surface area contributed by atoms with Crippen molar-refractivity contribution in [1.82, 2.24) is 5.32 Å². The van der Waals surface area contributed by atoms with E-state index in [1.165, 1.54) is 25.2 Å². The quantitative estimate of drug-likeness (QED) is 0.550. The first-order valence-electron chi connectivity index (χ1n) is 7.45. The normalized spacial score (nSPS) is 16.3. The average molecular weight is 307 g/mol. The molecule has 1 atom stereocenters. The van der Waals surface area contributed by atoms with Gasteiger partial charge in [0.1, 0.15) is 5.69 Å². The summed E-state index contributed by atoms with van der Waals surface area (Å²) in [6.45, 7) is 0.269. The Morgan fingerprint density at radius 1 is 1.45 bits per heavy atom. The molecule has 7 nitrogen and oxygen atoms in total. The Kier molecular flexibility index (Phi) is 5.32. The van der Waals surface area contributed by atoms with Crippen molar-refractivity contribution >= 4 is 17.3 Å². The van der Waals surface area contributed by atoms with E-state index in [-0.39, 0.29) is 29.6 Å². The summed E-state index contributed by atoms with van der Waals surface area (Å²) in [7, 11) is 1.47. The van der Waals surface area contributed by atoms with Crippen molar-refractivity contribution in [3.05, 3.63) is 33.9 Å². The van der Waals surface area contributed by atoms with Crippen LogP contribution in [0.1, 0.15) is 36.0 Å². The molecular formula is C15H21N3O4. The molecule has 1 aromatic rings. The summed E-state index contributed by atoms with van der Waals surface area (Å²) in [5, 5.41) is 26.6. The molecule has 0 bridgehead atoms. The molecule has 1 amide bonds. The van der Waals surface area contributed by atoms with E-state index in [0.29, 0.717) is 5.69 Å². The van der Waals surface area contributed by atoms with Crippen LogP contribution in [0.5, 0.6) is 0 Å². The molecule has 0 aromatic heterocycles. The van der Waals surface area contributed by atoms with Gasteiger partial charge in [0.2, 0.25) is 0 Å². The minimum absolute atomic E-state index is 0.167. The Morgan fingerprint density at radius 2 is 2.14 bits per heavy atom. The number of carbonyl (C=O) groups is 1. The predicted molar refractivity (Wildman–Crippen MR) is 82.9 cm³/mol. The third-order valence-corrected chi connectivity index (χ3v) is 4.13. The Bertz CT molecular complexity index is 556. The van der Waals surface area contributed by atoms with Crippen molar-refractivity contribution in [2.24, 2.45) is 5.92 Å². The molecule has 1 fully saturated rings. The highest BCUT2D eigenvalue weighted by atomic mass is 16.6. The lowest BCUT2D eigenvalue weighted by Gasteiger charge is -2.18. The molecule has 0 heterocycles. The van der Waals surface area contributed by atoms with E-state index < -0.39 is 11.0 Å². The van der Waals surface area contributed by atoms with Crippen LogP contribution < -0.4 is 10.6 Å². The predicted octanol–water partition coefficient (Wildman–Crippen LogP) is 1.92. The van der Waals surface area contributed by atoms with Gasteiger partial charge in [0, 0.05) is 25.2 Å². The van der Waals surface area contributed by atoms with Gasteiger partial charge in [-0.2, -0.15) is 0 Å². The van der Waals surface area contributed by atoms with Crippen LogP contribution in [0.3, 0.4) is 0 Å². The Balaban J connectivity index is 2.09. The summed E-state index contributed by atoms with van der Waals surface area (Å²) in [6, 6.07) is 4.27. The van der Waals surface area contributed by atoms with Crippen LogP contribution in [-0.4, -0.2) is 35.6 Å². The van der Waals surface area contributed by atoms with Gasteiger partial charge in [-0.25, -0.2) is 0 Å². The van der Waals surface area contributed by atoms with Crippen LogP contribution in [0, 0.1) is 16.0 Å². The second-order valence-electron chi connectivity index (χ2n) is 5.56. The number of nitrogens with zero attached hydrogens (tertiary/aromatic N) is 1. The van der Waals surface area contributed by atoms with E-state index in [2.05, 4.69) is 10.6 Å². The molecule has 0 spiro atoms. The highest BCUT2D eigenvalue weighted by molar-refractivity contribution is 5.95. The number of nitro groups is 1. The Morgan fingerprint density at radius 3 is 2.73 bits per heavy atom. The van der Waals surface area contributed by atoms with E-state index in [0.717, 1.165) is 25.7 Å². The maximum absolute atomic E-state index is 11.5. The highest BCUT2D eigenvalue weighted by Gasteiger charge is 2.24. The van der Waals surface area contributed by atoms with Gasteiger partial charge in [-0.3, -0.25) is 14.9 Å². The molecule has 22 heavy (non-hydrogen) atoms. The lowest BCUT2D eigenvalue weighted by atomic mass is 10.0. The molecule has 1 aromatic carbocycles. The number of benzene rings is 1. The van der Waals surface area contributed by atoms with Gasteiger partial charge in [0.05, 0.1) is 11.0 Å². The van der Waals surface area contributed by atoms with E-state index in [4.69, 9.17) is 0 Å². The van der Waals surface area contributed by atoms with Crippen molar-refractivity contribution in [3.63, 3.8) is 0 Å². The molecule has 1 saturated carbocycles. The Labute approximate surface area is 128 Å². The molecule has 7 heteroatoms. The van der Waals surface area contributed by atoms with Crippen LogP contribution >= 0.6 is 0 Å². The van der Waals surface area contributed by atoms with E-state index in [9.17, 15) is 20.0 Å². The second-order valence-corrected chi connectivity index (χ2v) is 5.56. The first kappa shape index (κ1) is 16.2. The molecule has 1 aliphatic carbocycles. The summed E-state index contributed by atoms with van der Waals surface area (Å²) >= 11 is 0. The third-order valence-electron chi connectivity index (χ3n) is 4.13. The van der Waals surface area contributed by atoms with Crippen LogP contribution in [0.4, 0.5) is 11.4 Å². The molecule has 2 rings (SSSR count). The number of hydrogen-bond acceptors (Lipinski definition) is 5. The number of carbonyl (C=O) groups excluding carboxylic acids is 1. The van der Waals surface area contributed by atoms with E-state index in [1.54, 1.807) is 0 Å². The molecule has 0 radical (unpaired) electrons. The lowest BCUT2D eigenvalue weighted by Crippen LogP contribution is -2.27. The molecule has 1 aliphatic rings. The largest absolute Gasteiger partial charge is 0.391 e. The zero-order valence-corrected chi connectivity index (χ0v) is 12.5. The third kappa shape index (κ3) is 3.73. The maximum atomic E-state index is 11.5. The first-order chi connectivity index (χ1) is 10.5. The molecule has 120 valence electrons. The van der Waals surface area contributed by atoms with Crippen LogP contribution in [-0.2, 0) is 0 Å². The number of hydrogen-bond donors (Lipinski definition) is 3.